The van der Waals surface area contributed by atoms with Crippen molar-refractivity contribution in [1.82, 2.24) is 19.7 Å². The van der Waals surface area contributed by atoms with Crippen LogP contribution in [0.3, 0.4) is 0 Å². The maximum absolute atomic E-state index is 6.14. The van der Waals surface area contributed by atoms with Crippen LogP contribution in [0.2, 0.25) is 0 Å². The lowest BCUT2D eigenvalue weighted by atomic mass is 9.91. The van der Waals surface area contributed by atoms with Gasteiger partial charge in [0.15, 0.2) is 0 Å². The van der Waals surface area contributed by atoms with E-state index in [4.69, 9.17) is 5.73 Å². The van der Waals surface area contributed by atoms with Crippen molar-refractivity contribution in [2.45, 2.75) is 52.2 Å². The first kappa shape index (κ1) is 13.5. The second kappa shape index (κ2) is 6.29. The predicted octanol–water partition coefficient (Wildman–Crippen LogP) is 1.25. The molecule has 0 aromatic carbocycles. The zero-order valence-electron chi connectivity index (χ0n) is 11.5. The summed E-state index contributed by atoms with van der Waals surface area (Å²) in [5.41, 5.74) is 6.14. The molecule has 1 aliphatic rings. The normalized spacial score (nSPS) is 25.5. The van der Waals surface area contributed by atoms with Crippen LogP contribution < -0.4 is 5.73 Å². The summed E-state index contributed by atoms with van der Waals surface area (Å²) in [5.74, 6) is 1.71. The Morgan fingerprint density at radius 3 is 3.00 bits per heavy atom. The standard InChI is InChI=1S/C13H25N5/c1-3-6-18-13(15-10-16-18)9-17-7-5-12(14)11(4-2)8-17/h10-12H,3-9,14H2,1-2H3. The third kappa shape index (κ3) is 3.09. The highest BCUT2D eigenvalue weighted by Crippen LogP contribution is 2.19. The summed E-state index contributed by atoms with van der Waals surface area (Å²) < 4.78 is 2.02. The van der Waals surface area contributed by atoms with E-state index in [9.17, 15) is 0 Å². The third-order valence-corrected chi connectivity index (χ3v) is 3.90. The summed E-state index contributed by atoms with van der Waals surface area (Å²) in [6, 6.07) is 0.375. The van der Waals surface area contributed by atoms with E-state index < -0.39 is 0 Å². The first-order valence-corrected chi connectivity index (χ1v) is 7.09. The highest BCUT2D eigenvalue weighted by Gasteiger charge is 2.25. The van der Waals surface area contributed by atoms with Crippen LogP contribution >= 0.6 is 0 Å². The zero-order valence-corrected chi connectivity index (χ0v) is 11.5. The van der Waals surface area contributed by atoms with E-state index in [0.29, 0.717) is 12.0 Å². The van der Waals surface area contributed by atoms with Crippen molar-refractivity contribution in [3.8, 4) is 0 Å². The number of aromatic nitrogens is 3. The number of piperidine rings is 1. The lowest BCUT2D eigenvalue weighted by Crippen LogP contribution is -2.46. The number of hydrogen-bond donors (Lipinski definition) is 1. The quantitative estimate of drug-likeness (QED) is 0.855. The predicted molar refractivity (Wildman–Crippen MR) is 72.0 cm³/mol. The molecular weight excluding hydrogens is 226 g/mol. The molecule has 1 fully saturated rings. The molecule has 1 aromatic rings. The second-order valence-corrected chi connectivity index (χ2v) is 5.26. The van der Waals surface area contributed by atoms with Crippen LogP contribution in [0.1, 0.15) is 38.9 Å². The van der Waals surface area contributed by atoms with Gasteiger partial charge in [-0.25, -0.2) is 9.67 Å². The van der Waals surface area contributed by atoms with Gasteiger partial charge in [-0.3, -0.25) is 4.90 Å². The summed E-state index contributed by atoms with van der Waals surface area (Å²) in [4.78, 5) is 6.84. The van der Waals surface area contributed by atoms with Crippen molar-refractivity contribution >= 4 is 0 Å². The molecule has 2 unspecified atom stereocenters. The van der Waals surface area contributed by atoms with Crippen molar-refractivity contribution in [2.24, 2.45) is 11.7 Å². The van der Waals surface area contributed by atoms with Crippen LogP contribution in [0.5, 0.6) is 0 Å². The zero-order chi connectivity index (χ0) is 13.0. The van der Waals surface area contributed by atoms with Crippen molar-refractivity contribution in [2.75, 3.05) is 13.1 Å². The Hall–Kier alpha value is -0.940. The molecule has 5 nitrogen and oxygen atoms in total. The molecule has 5 heteroatoms. The summed E-state index contributed by atoms with van der Waals surface area (Å²) in [7, 11) is 0. The largest absolute Gasteiger partial charge is 0.327 e. The number of hydrogen-bond acceptors (Lipinski definition) is 4. The van der Waals surface area contributed by atoms with Crippen molar-refractivity contribution in [3.63, 3.8) is 0 Å². The molecule has 2 rings (SSSR count). The molecule has 2 atom stereocenters. The smallest absolute Gasteiger partial charge is 0.141 e. The maximum Gasteiger partial charge on any atom is 0.141 e. The lowest BCUT2D eigenvalue weighted by Gasteiger charge is -2.36. The van der Waals surface area contributed by atoms with E-state index in [-0.39, 0.29) is 0 Å². The minimum Gasteiger partial charge on any atom is -0.327 e. The number of aryl methyl sites for hydroxylation is 1. The summed E-state index contributed by atoms with van der Waals surface area (Å²) >= 11 is 0. The van der Waals surface area contributed by atoms with Gasteiger partial charge >= 0.3 is 0 Å². The molecule has 0 amide bonds. The number of nitrogens with two attached hydrogens (primary N) is 1. The van der Waals surface area contributed by atoms with Gasteiger partial charge < -0.3 is 5.73 Å². The second-order valence-electron chi connectivity index (χ2n) is 5.26. The molecular formula is C13H25N5. The molecule has 18 heavy (non-hydrogen) atoms. The molecule has 1 saturated heterocycles. The van der Waals surface area contributed by atoms with Crippen LogP contribution in [0.15, 0.2) is 6.33 Å². The van der Waals surface area contributed by atoms with E-state index in [1.54, 1.807) is 6.33 Å². The molecule has 0 saturated carbocycles. The van der Waals surface area contributed by atoms with Crippen LogP contribution in [-0.2, 0) is 13.1 Å². The Morgan fingerprint density at radius 1 is 1.44 bits per heavy atom. The van der Waals surface area contributed by atoms with E-state index in [1.165, 1.54) is 6.42 Å². The molecule has 1 aliphatic heterocycles. The van der Waals surface area contributed by atoms with Gasteiger partial charge in [0.1, 0.15) is 12.2 Å². The molecule has 0 bridgehead atoms. The summed E-state index contributed by atoms with van der Waals surface area (Å²) in [5, 5.41) is 4.28. The van der Waals surface area contributed by atoms with Crippen molar-refractivity contribution < 1.29 is 0 Å². The van der Waals surface area contributed by atoms with Gasteiger partial charge in [0, 0.05) is 25.7 Å². The highest BCUT2D eigenvalue weighted by molar-refractivity contribution is 4.89. The van der Waals surface area contributed by atoms with E-state index >= 15 is 0 Å². The van der Waals surface area contributed by atoms with Crippen molar-refractivity contribution in [1.29, 1.82) is 0 Å². The van der Waals surface area contributed by atoms with E-state index in [2.05, 4.69) is 28.8 Å². The molecule has 1 aromatic heterocycles. The fourth-order valence-electron chi connectivity index (χ4n) is 2.71. The Labute approximate surface area is 109 Å². The minimum absolute atomic E-state index is 0.375. The Kier molecular flexibility index (Phi) is 4.72. The first-order valence-electron chi connectivity index (χ1n) is 7.09. The fraction of sp³-hybridized carbons (Fsp3) is 0.846. The highest BCUT2D eigenvalue weighted by atomic mass is 15.3. The minimum atomic E-state index is 0.375. The molecule has 0 spiro atoms. The average molecular weight is 251 g/mol. The first-order chi connectivity index (χ1) is 8.74. The van der Waals surface area contributed by atoms with E-state index in [1.807, 2.05) is 4.68 Å². The van der Waals surface area contributed by atoms with Gasteiger partial charge in [-0.1, -0.05) is 20.3 Å². The van der Waals surface area contributed by atoms with Gasteiger partial charge in [0.05, 0.1) is 6.54 Å². The lowest BCUT2D eigenvalue weighted by molar-refractivity contribution is 0.140. The fourth-order valence-corrected chi connectivity index (χ4v) is 2.71. The number of rotatable bonds is 5. The van der Waals surface area contributed by atoms with Crippen LogP contribution in [0.4, 0.5) is 0 Å². The third-order valence-electron chi connectivity index (χ3n) is 3.90. The maximum atomic E-state index is 6.14. The Morgan fingerprint density at radius 2 is 2.28 bits per heavy atom. The van der Waals surface area contributed by atoms with Gasteiger partial charge in [0.25, 0.3) is 0 Å². The van der Waals surface area contributed by atoms with Crippen LogP contribution in [-0.4, -0.2) is 38.8 Å². The SMILES string of the molecule is CCCn1ncnc1CN1CCC(N)C(CC)C1. The average Bonchev–Trinajstić information content (AvgIpc) is 2.80. The van der Waals surface area contributed by atoms with Gasteiger partial charge in [0.2, 0.25) is 0 Å². The Balaban J connectivity index is 1.94. The van der Waals surface area contributed by atoms with Crippen LogP contribution in [0, 0.1) is 5.92 Å². The van der Waals surface area contributed by atoms with Crippen LogP contribution in [0.25, 0.3) is 0 Å². The summed E-state index contributed by atoms with van der Waals surface area (Å²) in [6.45, 7) is 8.43. The monoisotopic (exact) mass is 251 g/mol. The Bertz CT molecular complexity index is 362. The molecule has 0 aliphatic carbocycles. The molecule has 2 N–H and O–H groups in total. The topological polar surface area (TPSA) is 60.0 Å². The molecule has 102 valence electrons. The van der Waals surface area contributed by atoms with Gasteiger partial charge in [-0.2, -0.15) is 5.10 Å². The van der Waals surface area contributed by atoms with Gasteiger partial charge in [-0.15, -0.1) is 0 Å². The van der Waals surface area contributed by atoms with Crippen molar-refractivity contribution in [3.05, 3.63) is 12.2 Å². The number of likely N-dealkylation sites (tertiary alicyclic amines) is 1. The molecule has 2 heterocycles. The summed E-state index contributed by atoms with van der Waals surface area (Å²) in [6.07, 6.45) is 5.02. The van der Waals surface area contributed by atoms with Gasteiger partial charge in [-0.05, 0) is 18.8 Å². The van der Waals surface area contributed by atoms with E-state index in [0.717, 1.165) is 44.8 Å². The number of nitrogens with zero attached hydrogens (tertiary/aromatic N) is 4. The molecule has 0 radical (unpaired) electrons.